The number of aromatic nitrogens is 1. The Balaban J connectivity index is 1.54. The first-order chi connectivity index (χ1) is 16.2. The van der Waals surface area contributed by atoms with Gasteiger partial charge in [-0.25, -0.2) is 14.6 Å². The van der Waals surface area contributed by atoms with E-state index < -0.39 is 11.9 Å². The van der Waals surface area contributed by atoms with E-state index in [1.807, 2.05) is 6.07 Å². The van der Waals surface area contributed by atoms with Crippen LogP contribution >= 0.6 is 0 Å². The minimum Gasteiger partial charge on any atom is -0.462 e. The molecule has 6 atom stereocenters. The van der Waals surface area contributed by atoms with Gasteiger partial charge in [0, 0.05) is 5.41 Å². The van der Waals surface area contributed by atoms with Crippen molar-refractivity contribution in [1.29, 1.82) is 0 Å². The molecule has 6 heteroatoms. The molecular formula is C28H37NO5. The maximum atomic E-state index is 12.8. The van der Waals surface area contributed by atoms with Gasteiger partial charge in [0.1, 0.15) is 0 Å². The largest absolute Gasteiger partial charge is 0.462 e. The first-order valence-electron chi connectivity index (χ1n) is 13.0. The molecule has 0 radical (unpaired) electrons. The maximum absolute atomic E-state index is 12.8. The van der Waals surface area contributed by atoms with E-state index in [9.17, 15) is 14.7 Å². The number of carbonyl (C=O) groups is 2. The molecule has 184 valence electrons. The highest BCUT2D eigenvalue weighted by molar-refractivity contribution is 6.02. The van der Waals surface area contributed by atoms with Crippen LogP contribution < -0.4 is 0 Å². The van der Waals surface area contributed by atoms with E-state index in [1.54, 1.807) is 13.8 Å². The molecule has 2 saturated carbocycles. The lowest BCUT2D eigenvalue weighted by molar-refractivity contribution is -0.0170. The highest BCUT2D eigenvalue weighted by Crippen LogP contribution is 2.64. The van der Waals surface area contributed by atoms with Gasteiger partial charge in [-0.15, -0.1) is 0 Å². The Morgan fingerprint density at radius 1 is 1.03 bits per heavy atom. The molecule has 0 spiro atoms. The number of pyridine rings is 1. The molecule has 1 aromatic rings. The summed E-state index contributed by atoms with van der Waals surface area (Å²) in [5.74, 6) is 0.475. The summed E-state index contributed by atoms with van der Waals surface area (Å²) in [6.07, 6.45) is 9.01. The van der Waals surface area contributed by atoms with Crippen LogP contribution in [0.5, 0.6) is 0 Å². The number of fused-ring (bicyclic) bond motifs is 7. The van der Waals surface area contributed by atoms with E-state index in [4.69, 9.17) is 14.5 Å². The van der Waals surface area contributed by atoms with Gasteiger partial charge in [-0.2, -0.15) is 0 Å². The zero-order chi connectivity index (χ0) is 24.3. The van der Waals surface area contributed by atoms with Crippen LogP contribution in [0.1, 0.15) is 98.3 Å². The molecule has 34 heavy (non-hydrogen) atoms. The molecule has 0 bridgehead atoms. The predicted molar refractivity (Wildman–Crippen MR) is 128 cm³/mol. The summed E-state index contributed by atoms with van der Waals surface area (Å²) in [5, 5.41) is 10.3. The van der Waals surface area contributed by atoms with Gasteiger partial charge in [-0.05, 0) is 93.6 Å². The van der Waals surface area contributed by atoms with Crippen LogP contribution in [0.15, 0.2) is 17.7 Å². The third-order valence-electron chi connectivity index (χ3n) is 9.51. The Morgan fingerprint density at radius 2 is 1.74 bits per heavy atom. The monoisotopic (exact) mass is 467 g/mol. The van der Waals surface area contributed by atoms with Crippen molar-refractivity contribution in [2.75, 3.05) is 13.2 Å². The van der Waals surface area contributed by atoms with Crippen molar-refractivity contribution in [3.63, 3.8) is 0 Å². The minimum atomic E-state index is -0.562. The Bertz CT molecular complexity index is 1050. The second kappa shape index (κ2) is 8.47. The summed E-state index contributed by atoms with van der Waals surface area (Å²) in [4.78, 5) is 30.3. The fourth-order valence-electron chi connectivity index (χ4n) is 7.79. The summed E-state index contributed by atoms with van der Waals surface area (Å²) >= 11 is 0. The summed E-state index contributed by atoms with van der Waals surface area (Å²) in [6, 6.07) is 1.86. The zero-order valence-corrected chi connectivity index (χ0v) is 20.9. The van der Waals surface area contributed by atoms with Gasteiger partial charge in [-0.3, -0.25) is 0 Å². The molecular weight excluding hydrogens is 430 g/mol. The van der Waals surface area contributed by atoms with Crippen LogP contribution in [0.3, 0.4) is 0 Å². The van der Waals surface area contributed by atoms with Gasteiger partial charge in [0.25, 0.3) is 0 Å². The topological polar surface area (TPSA) is 85.7 Å². The van der Waals surface area contributed by atoms with E-state index in [-0.39, 0.29) is 41.4 Å². The van der Waals surface area contributed by atoms with E-state index in [2.05, 4.69) is 19.9 Å². The van der Waals surface area contributed by atoms with Crippen LogP contribution in [0.2, 0.25) is 0 Å². The second-order valence-corrected chi connectivity index (χ2v) is 11.1. The van der Waals surface area contributed by atoms with Gasteiger partial charge in [-0.1, -0.05) is 25.5 Å². The fourth-order valence-corrected chi connectivity index (χ4v) is 7.79. The average Bonchev–Trinajstić information content (AvgIpc) is 3.11. The number of nitrogens with zero attached hydrogens (tertiary/aromatic N) is 1. The average molecular weight is 468 g/mol. The highest BCUT2D eigenvalue weighted by Gasteiger charge is 2.58. The van der Waals surface area contributed by atoms with Gasteiger partial charge in [0.2, 0.25) is 0 Å². The summed E-state index contributed by atoms with van der Waals surface area (Å²) in [6.45, 7) is 8.70. The van der Waals surface area contributed by atoms with Gasteiger partial charge in [0.05, 0.1) is 30.6 Å². The van der Waals surface area contributed by atoms with Crippen LogP contribution in [0.25, 0.3) is 0 Å². The van der Waals surface area contributed by atoms with Gasteiger partial charge in [0.15, 0.2) is 5.69 Å². The molecule has 4 aliphatic carbocycles. The molecule has 0 aliphatic heterocycles. The predicted octanol–water partition coefficient (Wildman–Crippen LogP) is 4.77. The molecule has 2 fully saturated rings. The normalized spacial score (nSPS) is 35.9. The fraction of sp³-hybridized carbons (Fsp3) is 0.679. The number of hydrogen-bond acceptors (Lipinski definition) is 6. The number of aliphatic hydroxyl groups is 1. The van der Waals surface area contributed by atoms with Gasteiger partial charge < -0.3 is 14.6 Å². The van der Waals surface area contributed by atoms with Crippen LogP contribution in [0.4, 0.5) is 0 Å². The van der Waals surface area contributed by atoms with Crippen molar-refractivity contribution in [2.24, 2.45) is 23.2 Å². The molecule has 0 aromatic carbocycles. The Labute approximate surface area is 202 Å². The van der Waals surface area contributed by atoms with Crippen molar-refractivity contribution in [3.8, 4) is 0 Å². The Hall–Kier alpha value is -2.21. The summed E-state index contributed by atoms with van der Waals surface area (Å²) < 4.78 is 10.5. The number of rotatable bonds is 4. The van der Waals surface area contributed by atoms with Crippen LogP contribution in [0, 0.1) is 23.2 Å². The van der Waals surface area contributed by atoms with Crippen LogP contribution in [-0.2, 0) is 21.3 Å². The lowest BCUT2D eigenvalue weighted by atomic mass is 9.48. The summed E-state index contributed by atoms with van der Waals surface area (Å²) in [5.41, 5.74) is 3.84. The lowest BCUT2D eigenvalue weighted by Crippen LogP contribution is -2.51. The number of allylic oxidation sites excluding steroid dienone is 1. The quantitative estimate of drug-likeness (QED) is 0.507. The third kappa shape index (κ3) is 3.43. The first-order valence-corrected chi connectivity index (χ1v) is 13.0. The second-order valence-electron chi connectivity index (χ2n) is 11.1. The Morgan fingerprint density at radius 3 is 2.47 bits per heavy atom. The standard InChI is InChI=1S/C28H37NO5/c1-5-33-25(31)20-13-16-14-22-19-8-7-17-15-18(30)9-11-27(17,3)21(19)10-12-28(22,4)24(16)29-23(20)26(32)34-6-2/h7,13,18-19,21-22,30H,5-6,8-12,14-15H2,1-4H3/t18-,19+,21-,22-,27-,28-/m0/s1. The zero-order valence-electron chi connectivity index (χ0n) is 20.9. The van der Waals surface area contributed by atoms with Gasteiger partial charge >= 0.3 is 11.9 Å². The van der Waals surface area contributed by atoms with Crippen molar-refractivity contribution in [1.82, 2.24) is 4.98 Å². The molecule has 6 nitrogen and oxygen atoms in total. The third-order valence-corrected chi connectivity index (χ3v) is 9.51. The molecule has 1 N–H and O–H groups in total. The number of ether oxygens (including phenoxy) is 2. The summed E-state index contributed by atoms with van der Waals surface area (Å²) in [7, 11) is 0. The van der Waals surface area contributed by atoms with E-state index in [0.717, 1.165) is 56.2 Å². The molecule has 1 aromatic heterocycles. The van der Waals surface area contributed by atoms with E-state index in [1.165, 1.54) is 5.57 Å². The number of esters is 2. The molecule has 0 amide bonds. The smallest absolute Gasteiger partial charge is 0.357 e. The number of carbonyl (C=O) groups excluding carboxylic acids is 2. The lowest BCUT2D eigenvalue weighted by Gasteiger charge is -2.57. The number of aliphatic hydroxyl groups excluding tert-OH is 1. The van der Waals surface area contributed by atoms with Crippen molar-refractivity contribution >= 4 is 11.9 Å². The number of hydrogen-bond donors (Lipinski definition) is 1. The van der Waals surface area contributed by atoms with Crippen molar-refractivity contribution in [2.45, 2.75) is 84.2 Å². The first kappa shape index (κ1) is 23.5. The molecule has 0 saturated heterocycles. The molecule has 0 unspecified atom stereocenters. The van der Waals surface area contributed by atoms with Crippen molar-refractivity contribution in [3.05, 3.63) is 40.2 Å². The highest BCUT2D eigenvalue weighted by atomic mass is 16.5. The SMILES string of the molecule is CCOC(=O)c1cc2c(nc1C(=O)OCC)[C@@]1(C)CC[C@H]3[C@@H](CC=C4C[C@@H](O)CC[C@@]43C)[C@@H]1C2. The van der Waals surface area contributed by atoms with Crippen LogP contribution in [-0.4, -0.2) is 41.3 Å². The maximum Gasteiger partial charge on any atom is 0.357 e. The Kier molecular flexibility index (Phi) is 5.86. The molecule has 1 heterocycles. The van der Waals surface area contributed by atoms with E-state index in [0.29, 0.717) is 17.8 Å². The van der Waals surface area contributed by atoms with E-state index >= 15 is 0 Å². The molecule has 5 rings (SSSR count). The minimum absolute atomic E-state index is 0.0853. The van der Waals surface area contributed by atoms with Crippen molar-refractivity contribution < 1.29 is 24.2 Å². The molecule has 4 aliphatic rings.